The summed E-state index contributed by atoms with van der Waals surface area (Å²) in [6, 6.07) is 3.86. The Labute approximate surface area is 86.1 Å². The minimum absolute atomic E-state index is 0.383. The second kappa shape index (κ2) is 4.32. The van der Waals surface area contributed by atoms with Crippen molar-refractivity contribution in [1.82, 2.24) is 0 Å². The molecular formula is C13H18O. The van der Waals surface area contributed by atoms with Crippen LogP contribution in [0.15, 0.2) is 17.7 Å². The first-order chi connectivity index (χ1) is 6.54. The van der Waals surface area contributed by atoms with E-state index in [1.54, 1.807) is 0 Å². The van der Waals surface area contributed by atoms with Gasteiger partial charge in [-0.05, 0) is 56.0 Å². The molecule has 0 radical (unpaired) electrons. The van der Waals surface area contributed by atoms with Gasteiger partial charge in [0.2, 0.25) is 0 Å². The van der Waals surface area contributed by atoms with Crippen LogP contribution in [0.3, 0.4) is 0 Å². The molecule has 76 valence electrons. The zero-order valence-corrected chi connectivity index (χ0v) is 9.39. The zero-order chi connectivity index (χ0) is 10.7. The highest BCUT2D eigenvalue weighted by atomic mass is 16.3. The average molecular weight is 190 g/mol. The van der Waals surface area contributed by atoms with Crippen molar-refractivity contribution in [3.8, 4) is 5.75 Å². The molecule has 0 aliphatic carbocycles. The summed E-state index contributed by atoms with van der Waals surface area (Å²) in [5.41, 5.74) is 4.63. The molecule has 0 aliphatic heterocycles. The Morgan fingerprint density at radius 1 is 1.29 bits per heavy atom. The molecule has 14 heavy (non-hydrogen) atoms. The van der Waals surface area contributed by atoms with E-state index in [2.05, 4.69) is 19.9 Å². The summed E-state index contributed by atoms with van der Waals surface area (Å²) >= 11 is 0. The summed E-state index contributed by atoms with van der Waals surface area (Å²) in [7, 11) is 0. The van der Waals surface area contributed by atoms with Crippen molar-refractivity contribution in [3.05, 3.63) is 34.4 Å². The molecule has 0 amide bonds. The van der Waals surface area contributed by atoms with Crippen LogP contribution < -0.4 is 0 Å². The van der Waals surface area contributed by atoms with E-state index < -0.39 is 0 Å². The van der Waals surface area contributed by atoms with Gasteiger partial charge in [-0.3, -0.25) is 0 Å². The van der Waals surface area contributed by atoms with Gasteiger partial charge in [0.15, 0.2) is 0 Å². The topological polar surface area (TPSA) is 20.2 Å². The van der Waals surface area contributed by atoms with Crippen molar-refractivity contribution < 1.29 is 5.11 Å². The van der Waals surface area contributed by atoms with Crippen LogP contribution in [0, 0.1) is 13.8 Å². The number of phenolic OH excluding ortho intramolecular Hbond substituents is 1. The largest absolute Gasteiger partial charge is 0.508 e. The molecule has 1 rings (SSSR count). The lowest BCUT2D eigenvalue weighted by atomic mass is 10.0. The van der Waals surface area contributed by atoms with Gasteiger partial charge in [-0.1, -0.05) is 18.6 Å². The van der Waals surface area contributed by atoms with Crippen LogP contribution in [0.4, 0.5) is 0 Å². The number of aryl methyl sites for hydroxylation is 2. The molecule has 0 heterocycles. The van der Waals surface area contributed by atoms with Crippen molar-refractivity contribution in [2.75, 3.05) is 0 Å². The molecule has 0 aliphatic rings. The van der Waals surface area contributed by atoms with E-state index >= 15 is 0 Å². The van der Waals surface area contributed by atoms with E-state index in [4.69, 9.17) is 0 Å². The average Bonchev–Trinajstić information content (AvgIpc) is 2.14. The van der Waals surface area contributed by atoms with Crippen LogP contribution in [0.25, 0.3) is 6.08 Å². The molecule has 0 saturated heterocycles. The standard InChI is InChI=1S/C13H18O/c1-5-9(2)6-12-7-11(4)13(14)8-10(12)3/h6-8,14H,5H2,1-4H3/b9-6-. The van der Waals surface area contributed by atoms with Crippen molar-refractivity contribution in [2.45, 2.75) is 34.1 Å². The highest BCUT2D eigenvalue weighted by molar-refractivity contribution is 5.59. The van der Waals surface area contributed by atoms with E-state index in [-0.39, 0.29) is 0 Å². The maximum atomic E-state index is 9.50. The summed E-state index contributed by atoms with van der Waals surface area (Å²) < 4.78 is 0. The highest BCUT2D eigenvalue weighted by Gasteiger charge is 2.01. The third kappa shape index (κ3) is 2.38. The molecule has 0 atom stereocenters. The van der Waals surface area contributed by atoms with Crippen molar-refractivity contribution >= 4 is 6.08 Å². The molecule has 1 aromatic carbocycles. The van der Waals surface area contributed by atoms with Crippen molar-refractivity contribution in [2.24, 2.45) is 0 Å². The van der Waals surface area contributed by atoms with E-state index in [9.17, 15) is 5.11 Å². The fraction of sp³-hybridized carbons (Fsp3) is 0.385. The number of benzene rings is 1. The molecule has 1 heteroatoms. The fourth-order valence-electron chi connectivity index (χ4n) is 1.35. The lowest BCUT2D eigenvalue weighted by molar-refractivity contribution is 0.470. The van der Waals surface area contributed by atoms with Crippen LogP contribution in [0.5, 0.6) is 5.75 Å². The number of hydrogen-bond acceptors (Lipinski definition) is 1. The highest BCUT2D eigenvalue weighted by Crippen LogP contribution is 2.23. The van der Waals surface area contributed by atoms with E-state index in [0.29, 0.717) is 5.75 Å². The second-order valence-corrected chi connectivity index (χ2v) is 3.84. The molecule has 1 N–H and O–H groups in total. The van der Waals surface area contributed by atoms with E-state index in [0.717, 1.165) is 17.5 Å². The van der Waals surface area contributed by atoms with Crippen LogP contribution in [-0.4, -0.2) is 5.11 Å². The smallest absolute Gasteiger partial charge is 0.118 e. The van der Waals surface area contributed by atoms with Crippen LogP contribution >= 0.6 is 0 Å². The molecule has 0 fully saturated rings. The van der Waals surface area contributed by atoms with Gasteiger partial charge in [0.1, 0.15) is 5.75 Å². The SMILES string of the molecule is CC/C(C)=C\c1cc(C)c(O)cc1C. The zero-order valence-electron chi connectivity index (χ0n) is 9.39. The number of phenols is 1. The molecule has 0 bridgehead atoms. The lowest BCUT2D eigenvalue weighted by Gasteiger charge is -2.06. The first-order valence-electron chi connectivity index (χ1n) is 5.02. The van der Waals surface area contributed by atoms with Gasteiger partial charge in [-0.2, -0.15) is 0 Å². The lowest BCUT2D eigenvalue weighted by Crippen LogP contribution is -1.85. The maximum Gasteiger partial charge on any atom is 0.118 e. The van der Waals surface area contributed by atoms with Gasteiger partial charge in [-0.25, -0.2) is 0 Å². The second-order valence-electron chi connectivity index (χ2n) is 3.84. The number of hydrogen-bond donors (Lipinski definition) is 1. The Hall–Kier alpha value is -1.24. The number of rotatable bonds is 2. The Morgan fingerprint density at radius 2 is 1.93 bits per heavy atom. The Morgan fingerprint density at radius 3 is 2.50 bits per heavy atom. The maximum absolute atomic E-state index is 9.50. The fourth-order valence-corrected chi connectivity index (χ4v) is 1.35. The summed E-state index contributed by atoms with van der Waals surface area (Å²) in [6.45, 7) is 8.22. The molecular weight excluding hydrogens is 172 g/mol. The molecule has 0 spiro atoms. The normalized spacial score (nSPS) is 11.9. The van der Waals surface area contributed by atoms with Gasteiger partial charge in [0, 0.05) is 0 Å². The van der Waals surface area contributed by atoms with Gasteiger partial charge in [0.25, 0.3) is 0 Å². The van der Waals surface area contributed by atoms with Gasteiger partial charge >= 0.3 is 0 Å². The summed E-state index contributed by atoms with van der Waals surface area (Å²) in [4.78, 5) is 0. The molecule has 0 saturated carbocycles. The Kier molecular flexibility index (Phi) is 3.34. The van der Waals surface area contributed by atoms with Gasteiger partial charge in [0.05, 0.1) is 0 Å². The third-order valence-corrected chi connectivity index (χ3v) is 2.54. The Balaban J connectivity index is 3.16. The monoisotopic (exact) mass is 190 g/mol. The molecule has 0 unspecified atom stereocenters. The van der Waals surface area contributed by atoms with Gasteiger partial charge < -0.3 is 5.11 Å². The molecule has 0 aromatic heterocycles. The first-order valence-corrected chi connectivity index (χ1v) is 5.02. The predicted molar refractivity (Wildman–Crippen MR) is 61.5 cm³/mol. The van der Waals surface area contributed by atoms with Crippen LogP contribution in [0.2, 0.25) is 0 Å². The molecule has 1 aromatic rings. The predicted octanol–water partition coefficient (Wildman–Crippen LogP) is 3.82. The minimum atomic E-state index is 0.383. The third-order valence-electron chi connectivity index (χ3n) is 2.54. The Bertz CT molecular complexity index is 362. The minimum Gasteiger partial charge on any atom is -0.508 e. The summed E-state index contributed by atoms with van der Waals surface area (Å²) in [6.07, 6.45) is 3.25. The summed E-state index contributed by atoms with van der Waals surface area (Å²) in [5, 5.41) is 9.50. The molecule has 1 nitrogen and oxygen atoms in total. The van der Waals surface area contributed by atoms with Crippen LogP contribution in [-0.2, 0) is 0 Å². The van der Waals surface area contributed by atoms with Gasteiger partial charge in [-0.15, -0.1) is 0 Å². The van der Waals surface area contributed by atoms with Crippen LogP contribution in [0.1, 0.15) is 37.0 Å². The van der Waals surface area contributed by atoms with Crippen molar-refractivity contribution in [1.29, 1.82) is 0 Å². The number of allylic oxidation sites excluding steroid dienone is 1. The van der Waals surface area contributed by atoms with E-state index in [1.807, 2.05) is 26.0 Å². The quantitative estimate of drug-likeness (QED) is 0.751. The van der Waals surface area contributed by atoms with Crippen molar-refractivity contribution in [3.63, 3.8) is 0 Å². The summed E-state index contributed by atoms with van der Waals surface area (Å²) in [5.74, 6) is 0.383. The number of aromatic hydroxyl groups is 1. The van der Waals surface area contributed by atoms with E-state index in [1.165, 1.54) is 11.1 Å². The first kappa shape index (κ1) is 10.8.